The number of rotatable bonds is 3. The Balaban J connectivity index is 2.35. The fourth-order valence-corrected chi connectivity index (χ4v) is 1.39. The molecule has 0 amide bonds. The smallest absolute Gasteiger partial charge is 0.251 e. The second-order valence-corrected chi connectivity index (χ2v) is 3.71. The summed E-state index contributed by atoms with van der Waals surface area (Å²) in [5.41, 5.74) is 0.827. The van der Waals surface area contributed by atoms with Crippen LogP contribution >= 0.6 is 0 Å². The van der Waals surface area contributed by atoms with E-state index in [1.54, 1.807) is 13.2 Å². The standard InChI is InChI=1S/C10H14N2O2/c1-6(14-2)10-11-8(7-3-4-7)5-9(13)12-10/h5-7H,3-4H2,1-2H3,(H,11,12,13). The summed E-state index contributed by atoms with van der Waals surface area (Å²) in [6, 6.07) is 1.59. The molecule has 0 aliphatic heterocycles. The molecule has 2 rings (SSSR count). The van der Waals surface area contributed by atoms with Crippen molar-refractivity contribution in [3.8, 4) is 0 Å². The lowest BCUT2D eigenvalue weighted by molar-refractivity contribution is 0.111. The molecule has 1 aliphatic carbocycles. The zero-order valence-corrected chi connectivity index (χ0v) is 8.41. The number of H-pyrrole nitrogens is 1. The van der Waals surface area contributed by atoms with Gasteiger partial charge in [0.1, 0.15) is 11.9 Å². The minimum Gasteiger partial charge on any atom is -0.374 e. The monoisotopic (exact) mass is 194 g/mol. The van der Waals surface area contributed by atoms with Gasteiger partial charge in [0.2, 0.25) is 0 Å². The highest BCUT2D eigenvalue weighted by Gasteiger charge is 2.26. The summed E-state index contributed by atoms with van der Waals surface area (Å²) in [5.74, 6) is 1.13. The van der Waals surface area contributed by atoms with Gasteiger partial charge in [-0.3, -0.25) is 4.79 Å². The number of methoxy groups -OCH3 is 1. The molecule has 14 heavy (non-hydrogen) atoms. The van der Waals surface area contributed by atoms with Gasteiger partial charge in [0.05, 0.1) is 5.69 Å². The number of aromatic nitrogens is 2. The van der Waals surface area contributed by atoms with Crippen LogP contribution < -0.4 is 5.56 Å². The average molecular weight is 194 g/mol. The third kappa shape index (κ3) is 1.85. The van der Waals surface area contributed by atoms with Gasteiger partial charge in [0.25, 0.3) is 5.56 Å². The van der Waals surface area contributed by atoms with Gasteiger partial charge in [-0.1, -0.05) is 0 Å². The van der Waals surface area contributed by atoms with E-state index >= 15 is 0 Å². The van der Waals surface area contributed by atoms with Gasteiger partial charge in [-0.15, -0.1) is 0 Å². The molecule has 1 aliphatic rings. The van der Waals surface area contributed by atoms with Crippen LogP contribution in [0.2, 0.25) is 0 Å². The van der Waals surface area contributed by atoms with Crippen LogP contribution in [-0.2, 0) is 4.74 Å². The normalized spacial score (nSPS) is 18.1. The minimum atomic E-state index is -0.151. The predicted molar refractivity (Wildman–Crippen MR) is 52.3 cm³/mol. The lowest BCUT2D eigenvalue weighted by Crippen LogP contribution is -2.15. The predicted octanol–water partition coefficient (Wildman–Crippen LogP) is 1.35. The molecule has 1 fully saturated rings. The van der Waals surface area contributed by atoms with Crippen molar-refractivity contribution >= 4 is 0 Å². The largest absolute Gasteiger partial charge is 0.374 e. The van der Waals surface area contributed by atoms with Crippen LogP contribution in [0.5, 0.6) is 0 Å². The number of hydrogen-bond donors (Lipinski definition) is 1. The second kappa shape index (κ2) is 3.53. The third-order valence-corrected chi connectivity index (χ3v) is 2.51. The molecule has 4 heteroatoms. The molecule has 1 atom stereocenters. The van der Waals surface area contributed by atoms with E-state index in [1.165, 1.54) is 0 Å². The minimum absolute atomic E-state index is 0.0826. The summed E-state index contributed by atoms with van der Waals surface area (Å²) >= 11 is 0. The van der Waals surface area contributed by atoms with Gasteiger partial charge in [-0.2, -0.15) is 0 Å². The molecule has 1 aromatic rings. The van der Waals surface area contributed by atoms with Gasteiger partial charge in [-0.05, 0) is 19.8 Å². The number of nitrogens with one attached hydrogen (secondary N) is 1. The molecule has 0 radical (unpaired) electrons. The number of hydrogen-bond acceptors (Lipinski definition) is 3. The van der Waals surface area contributed by atoms with Crippen LogP contribution in [0.3, 0.4) is 0 Å². The molecule has 1 heterocycles. The first-order valence-corrected chi connectivity index (χ1v) is 4.84. The van der Waals surface area contributed by atoms with E-state index < -0.39 is 0 Å². The van der Waals surface area contributed by atoms with Gasteiger partial charge in [-0.25, -0.2) is 4.98 Å². The Hall–Kier alpha value is -1.16. The van der Waals surface area contributed by atoms with Crippen LogP contribution in [0.4, 0.5) is 0 Å². The number of nitrogens with zero attached hydrogens (tertiary/aromatic N) is 1. The van der Waals surface area contributed by atoms with Crippen molar-refractivity contribution in [3.63, 3.8) is 0 Å². The van der Waals surface area contributed by atoms with E-state index in [0.717, 1.165) is 18.5 Å². The zero-order chi connectivity index (χ0) is 10.1. The van der Waals surface area contributed by atoms with Crippen molar-refractivity contribution in [2.75, 3.05) is 7.11 Å². The summed E-state index contributed by atoms with van der Waals surface area (Å²) in [4.78, 5) is 18.4. The van der Waals surface area contributed by atoms with E-state index in [0.29, 0.717) is 11.7 Å². The van der Waals surface area contributed by atoms with Crippen molar-refractivity contribution in [2.24, 2.45) is 0 Å². The quantitative estimate of drug-likeness (QED) is 0.790. The Morgan fingerprint density at radius 3 is 2.93 bits per heavy atom. The molecule has 4 nitrogen and oxygen atoms in total. The summed E-state index contributed by atoms with van der Waals surface area (Å²) in [6.07, 6.45) is 2.15. The molecular weight excluding hydrogens is 180 g/mol. The van der Waals surface area contributed by atoms with Crippen molar-refractivity contribution in [1.29, 1.82) is 0 Å². The lowest BCUT2D eigenvalue weighted by atomic mass is 10.2. The average Bonchev–Trinajstić information content (AvgIpc) is 2.98. The fraction of sp³-hybridized carbons (Fsp3) is 0.600. The van der Waals surface area contributed by atoms with Crippen LogP contribution in [-0.4, -0.2) is 17.1 Å². The fourth-order valence-electron chi connectivity index (χ4n) is 1.39. The second-order valence-electron chi connectivity index (χ2n) is 3.71. The van der Waals surface area contributed by atoms with Crippen LogP contribution in [0.1, 0.15) is 43.3 Å². The highest BCUT2D eigenvalue weighted by Crippen LogP contribution is 2.38. The summed E-state index contributed by atoms with van der Waals surface area (Å²) in [6.45, 7) is 1.87. The van der Waals surface area contributed by atoms with Gasteiger partial charge in [0.15, 0.2) is 0 Å². The van der Waals surface area contributed by atoms with Crippen molar-refractivity contribution < 1.29 is 4.74 Å². The maximum Gasteiger partial charge on any atom is 0.251 e. The first-order valence-electron chi connectivity index (χ1n) is 4.84. The van der Waals surface area contributed by atoms with Crippen LogP contribution in [0, 0.1) is 0 Å². The van der Waals surface area contributed by atoms with E-state index in [4.69, 9.17) is 4.74 Å². The number of aromatic amines is 1. The van der Waals surface area contributed by atoms with Crippen LogP contribution in [0.15, 0.2) is 10.9 Å². The molecular formula is C10H14N2O2. The molecule has 0 aromatic carbocycles. The Morgan fingerprint density at radius 1 is 1.64 bits per heavy atom. The molecule has 1 unspecified atom stereocenters. The van der Waals surface area contributed by atoms with E-state index in [1.807, 2.05) is 6.92 Å². The van der Waals surface area contributed by atoms with Crippen molar-refractivity contribution in [2.45, 2.75) is 31.8 Å². The van der Waals surface area contributed by atoms with E-state index in [2.05, 4.69) is 9.97 Å². The summed E-state index contributed by atoms with van der Waals surface area (Å²) in [7, 11) is 1.61. The molecule has 1 aromatic heterocycles. The van der Waals surface area contributed by atoms with Crippen molar-refractivity contribution in [1.82, 2.24) is 9.97 Å². The van der Waals surface area contributed by atoms with E-state index in [9.17, 15) is 4.79 Å². The SMILES string of the molecule is COC(C)c1nc(C2CC2)cc(=O)[nH]1. The van der Waals surface area contributed by atoms with Gasteiger partial charge < -0.3 is 9.72 Å². The van der Waals surface area contributed by atoms with Gasteiger partial charge in [0, 0.05) is 19.1 Å². The Labute approximate surface area is 82.3 Å². The maximum absolute atomic E-state index is 11.3. The zero-order valence-electron chi connectivity index (χ0n) is 8.41. The molecule has 0 bridgehead atoms. The molecule has 0 spiro atoms. The van der Waals surface area contributed by atoms with Gasteiger partial charge >= 0.3 is 0 Å². The third-order valence-electron chi connectivity index (χ3n) is 2.51. The van der Waals surface area contributed by atoms with Crippen LogP contribution in [0.25, 0.3) is 0 Å². The Bertz CT molecular complexity index is 382. The highest BCUT2D eigenvalue weighted by molar-refractivity contribution is 5.14. The van der Waals surface area contributed by atoms with Crippen molar-refractivity contribution in [3.05, 3.63) is 27.9 Å². The first-order chi connectivity index (χ1) is 6.70. The molecule has 76 valence electrons. The number of ether oxygens (including phenoxy) is 1. The topological polar surface area (TPSA) is 55.0 Å². The molecule has 0 saturated heterocycles. The maximum atomic E-state index is 11.3. The first kappa shape index (κ1) is 9.40. The summed E-state index contributed by atoms with van der Waals surface area (Å²) < 4.78 is 5.11. The van der Waals surface area contributed by atoms with E-state index in [-0.39, 0.29) is 11.7 Å². The highest BCUT2D eigenvalue weighted by atomic mass is 16.5. The summed E-state index contributed by atoms with van der Waals surface area (Å²) in [5, 5.41) is 0. The molecule has 1 N–H and O–H groups in total. The Morgan fingerprint density at radius 2 is 2.36 bits per heavy atom. The lowest BCUT2D eigenvalue weighted by Gasteiger charge is -2.09. The molecule has 1 saturated carbocycles. The Kier molecular flexibility index (Phi) is 2.37.